The highest BCUT2D eigenvalue weighted by atomic mass is 32.1. The standard InChI is InChI=1S/C21H20N4O2S/c1-3-27-16-10-7-11-17-20(16)23-21(28-17)25-18(12-14(2)24-25)22-19(26)13-15-8-5-4-6-9-15/h4-12H,3,13H2,1-2H3,(H,22,26). The van der Waals surface area contributed by atoms with Crippen molar-refractivity contribution in [2.45, 2.75) is 20.3 Å². The van der Waals surface area contributed by atoms with Gasteiger partial charge in [-0.2, -0.15) is 9.78 Å². The first-order valence-corrected chi connectivity index (χ1v) is 9.89. The smallest absolute Gasteiger partial charge is 0.229 e. The van der Waals surface area contributed by atoms with Gasteiger partial charge in [-0.3, -0.25) is 4.79 Å². The Balaban J connectivity index is 1.63. The predicted molar refractivity (Wildman–Crippen MR) is 111 cm³/mol. The second-order valence-electron chi connectivity index (χ2n) is 6.33. The molecule has 6 nitrogen and oxygen atoms in total. The number of thiazole rings is 1. The summed E-state index contributed by atoms with van der Waals surface area (Å²) < 4.78 is 8.37. The van der Waals surface area contributed by atoms with Crippen molar-refractivity contribution in [3.05, 3.63) is 65.9 Å². The van der Waals surface area contributed by atoms with Gasteiger partial charge in [-0.1, -0.05) is 47.7 Å². The van der Waals surface area contributed by atoms with Crippen LogP contribution >= 0.6 is 11.3 Å². The maximum atomic E-state index is 12.5. The molecule has 7 heteroatoms. The van der Waals surface area contributed by atoms with Crippen molar-refractivity contribution in [3.63, 3.8) is 0 Å². The fourth-order valence-corrected chi connectivity index (χ4v) is 3.93. The van der Waals surface area contributed by atoms with Crippen molar-refractivity contribution >= 4 is 33.3 Å². The summed E-state index contributed by atoms with van der Waals surface area (Å²) in [6.45, 7) is 4.42. The Morgan fingerprint density at radius 3 is 2.79 bits per heavy atom. The molecule has 0 aliphatic heterocycles. The van der Waals surface area contributed by atoms with Crippen LogP contribution in [0.25, 0.3) is 15.3 Å². The third-order valence-corrected chi connectivity index (χ3v) is 5.15. The maximum Gasteiger partial charge on any atom is 0.229 e. The van der Waals surface area contributed by atoms with Crippen molar-refractivity contribution in [1.82, 2.24) is 14.8 Å². The average molecular weight is 392 g/mol. The van der Waals surface area contributed by atoms with Crippen LogP contribution in [-0.4, -0.2) is 27.3 Å². The molecule has 0 saturated heterocycles. The van der Waals surface area contributed by atoms with Crippen molar-refractivity contribution in [3.8, 4) is 10.9 Å². The van der Waals surface area contributed by atoms with Gasteiger partial charge in [0.1, 0.15) is 17.1 Å². The quantitative estimate of drug-likeness (QED) is 0.529. The Bertz CT molecular complexity index is 1120. The molecule has 0 saturated carbocycles. The van der Waals surface area contributed by atoms with E-state index in [1.807, 2.05) is 68.4 Å². The third-order valence-electron chi connectivity index (χ3n) is 4.16. The van der Waals surface area contributed by atoms with E-state index in [0.29, 0.717) is 24.0 Å². The van der Waals surface area contributed by atoms with Crippen LogP contribution in [0.5, 0.6) is 5.75 Å². The molecule has 0 bridgehead atoms. The van der Waals surface area contributed by atoms with E-state index in [4.69, 9.17) is 9.72 Å². The number of nitrogens with one attached hydrogen (secondary N) is 1. The number of para-hydroxylation sites is 1. The zero-order valence-corrected chi connectivity index (χ0v) is 16.5. The van der Waals surface area contributed by atoms with E-state index in [1.165, 1.54) is 11.3 Å². The van der Waals surface area contributed by atoms with Crippen LogP contribution in [0, 0.1) is 6.92 Å². The van der Waals surface area contributed by atoms with E-state index in [1.54, 1.807) is 4.68 Å². The number of hydrogen-bond donors (Lipinski definition) is 1. The van der Waals surface area contributed by atoms with Gasteiger partial charge < -0.3 is 10.1 Å². The van der Waals surface area contributed by atoms with Crippen LogP contribution in [0.1, 0.15) is 18.2 Å². The van der Waals surface area contributed by atoms with Gasteiger partial charge in [-0.15, -0.1) is 0 Å². The van der Waals surface area contributed by atoms with Crippen LogP contribution < -0.4 is 10.1 Å². The highest BCUT2D eigenvalue weighted by Gasteiger charge is 2.16. The number of carbonyl (C=O) groups excluding carboxylic acids is 1. The summed E-state index contributed by atoms with van der Waals surface area (Å²) in [7, 11) is 0. The summed E-state index contributed by atoms with van der Waals surface area (Å²) in [5.41, 5.74) is 2.57. The van der Waals surface area contributed by atoms with Gasteiger partial charge in [-0.25, -0.2) is 4.98 Å². The molecule has 0 spiro atoms. The van der Waals surface area contributed by atoms with E-state index < -0.39 is 0 Å². The molecule has 0 atom stereocenters. The molecule has 0 unspecified atom stereocenters. The summed E-state index contributed by atoms with van der Waals surface area (Å²) in [4.78, 5) is 17.2. The molecule has 28 heavy (non-hydrogen) atoms. The van der Waals surface area contributed by atoms with Gasteiger partial charge in [0.25, 0.3) is 0 Å². The summed E-state index contributed by atoms with van der Waals surface area (Å²) in [6.07, 6.45) is 0.305. The Kier molecular flexibility index (Phi) is 5.08. The minimum atomic E-state index is -0.0940. The molecule has 4 rings (SSSR count). The summed E-state index contributed by atoms with van der Waals surface area (Å²) in [5.74, 6) is 1.26. The predicted octanol–water partition coefficient (Wildman–Crippen LogP) is 4.37. The molecule has 0 radical (unpaired) electrons. The van der Waals surface area contributed by atoms with E-state index >= 15 is 0 Å². The molecular formula is C21H20N4O2S. The van der Waals surface area contributed by atoms with Gasteiger partial charge in [-0.05, 0) is 31.5 Å². The molecule has 0 fully saturated rings. The van der Waals surface area contributed by atoms with Gasteiger partial charge in [0.15, 0.2) is 0 Å². The molecule has 4 aromatic rings. The first-order valence-electron chi connectivity index (χ1n) is 9.07. The van der Waals surface area contributed by atoms with E-state index in [-0.39, 0.29) is 5.91 Å². The van der Waals surface area contributed by atoms with Crippen molar-refractivity contribution in [1.29, 1.82) is 0 Å². The van der Waals surface area contributed by atoms with Crippen molar-refractivity contribution < 1.29 is 9.53 Å². The highest BCUT2D eigenvalue weighted by Crippen LogP contribution is 2.32. The highest BCUT2D eigenvalue weighted by molar-refractivity contribution is 7.20. The largest absolute Gasteiger partial charge is 0.492 e. The molecular weight excluding hydrogens is 372 g/mol. The number of anilines is 1. The summed E-state index contributed by atoms with van der Waals surface area (Å²) in [6, 6.07) is 17.4. The van der Waals surface area contributed by atoms with E-state index in [0.717, 1.165) is 27.2 Å². The number of benzene rings is 2. The summed E-state index contributed by atoms with van der Waals surface area (Å²) in [5, 5.41) is 8.17. The molecule has 0 aliphatic rings. The van der Waals surface area contributed by atoms with Gasteiger partial charge in [0.05, 0.1) is 23.4 Å². The Morgan fingerprint density at radius 2 is 2.00 bits per heavy atom. The van der Waals surface area contributed by atoms with Gasteiger partial charge in [0.2, 0.25) is 11.0 Å². The lowest BCUT2D eigenvalue weighted by atomic mass is 10.1. The normalized spacial score (nSPS) is 10.9. The first kappa shape index (κ1) is 18.2. The fourth-order valence-electron chi connectivity index (χ4n) is 2.98. The molecule has 142 valence electrons. The molecule has 2 aromatic heterocycles. The minimum absolute atomic E-state index is 0.0940. The Hall–Kier alpha value is -3.19. The van der Waals surface area contributed by atoms with Gasteiger partial charge in [0, 0.05) is 6.07 Å². The fraction of sp³-hybridized carbons (Fsp3) is 0.190. The van der Waals surface area contributed by atoms with E-state index in [2.05, 4.69) is 10.4 Å². The summed E-state index contributed by atoms with van der Waals surface area (Å²) >= 11 is 1.51. The molecule has 2 heterocycles. The monoisotopic (exact) mass is 392 g/mol. The number of nitrogens with zero attached hydrogens (tertiary/aromatic N) is 3. The number of aryl methyl sites for hydroxylation is 1. The lowest BCUT2D eigenvalue weighted by Crippen LogP contribution is -2.17. The van der Waals surface area contributed by atoms with Crippen LogP contribution in [0.15, 0.2) is 54.6 Å². The Labute approximate surface area is 166 Å². The van der Waals surface area contributed by atoms with Crippen molar-refractivity contribution in [2.75, 3.05) is 11.9 Å². The third kappa shape index (κ3) is 3.75. The number of amides is 1. The van der Waals surface area contributed by atoms with Crippen LogP contribution in [-0.2, 0) is 11.2 Å². The Morgan fingerprint density at radius 1 is 1.18 bits per heavy atom. The second-order valence-corrected chi connectivity index (χ2v) is 7.33. The number of fused-ring (bicyclic) bond motifs is 1. The van der Waals surface area contributed by atoms with Crippen LogP contribution in [0.2, 0.25) is 0 Å². The van der Waals surface area contributed by atoms with Crippen molar-refractivity contribution in [2.24, 2.45) is 0 Å². The SMILES string of the molecule is CCOc1cccc2sc(-n3nc(C)cc3NC(=O)Cc3ccccc3)nc12. The number of aromatic nitrogens is 3. The number of ether oxygens (including phenoxy) is 1. The van der Waals surface area contributed by atoms with Crippen LogP contribution in [0.3, 0.4) is 0 Å². The maximum absolute atomic E-state index is 12.5. The molecule has 0 aliphatic carbocycles. The van der Waals surface area contributed by atoms with Crippen LogP contribution in [0.4, 0.5) is 5.82 Å². The average Bonchev–Trinajstić information content (AvgIpc) is 3.26. The zero-order chi connectivity index (χ0) is 19.5. The molecule has 2 aromatic carbocycles. The van der Waals surface area contributed by atoms with E-state index in [9.17, 15) is 4.79 Å². The number of hydrogen-bond acceptors (Lipinski definition) is 5. The lowest BCUT2D eigenvalue weighted by molar-refractivity contribution is -0.115. The zero-order valence-electron chi connectivity index (χ0n) is 15.7. The second kappa shape index (κ2) is 7.82. The number of carbonyl (C=O) groups is 1. The lowest BCUT2D eigenvalue weighted by Gasteiger charge is -2.06. The molecule has 1 N–H and O–H groups in total. The topological polar surface area (TPSA) is 69.0 Å². The van der Waals surface area contributed by atoms with Gasteiger partial charge >= 0.3 is 0 Å². The molecule has 1 amide bonds. The minimum Gasteiger partial charge on any atom is -0.492 e. The first-order chi connectivity index (χ1) is 13.6. The number of rotatable bonds is 6.